The van der Waals surface area contributed by atoms with E-state index < -0.39 is 6.10 Å². The van der Waals surface area contributed by atoms with E-state index in [1.165, 1.54) is 24.8 Å². The Morgan fingerprint density at radius 1 is 1.25 bits per heavy atom. The maximum Gasteiger partial charge on any atom is 0.107 e. The molecule has 0 amide bonds. The van der Waals surface area contributed by atoms with E-state index in [0.29, 0.717) is 12.0 Å². The van der Waals surface area contributed by atoms with Crippen LogP contribution in [0.1, 0.15) is 67.9 Å². The molecule has 106 valence electrons. The fraction of sp³-hybridized carbons (Fsp3) is 0.471. The average Bonchev–Trinajstić information content (AvgIpc) is 2.86. The van der Waals surface area contributed by atoms with Crippen molar-refractivity contribution in [3.05, 3.63) is 53.3 Å². The zero-order chi connectivity index (χ0) is 14.1. The molecule has 1 fully saturated rings. The molecule has 1 saturated carbocycles. The minimum atomic E-state index is -0.570. The van der Waals surface area contributed by atoms with Gasteiger partial charge in [0.05, 0.1) is 6.20 Å². The lowest BCUT2D eigenvalue weighted by Gasteiger charge is -2.29. The summed E-state index contributed by atoms with van der Waals surface area (Å²) in [6, 6.07) is 8.60. The summed E-state index contributed by atoms with van der Waals surface area (Å²) >= 11 is 0. The van der Waals surface area contributed by atoms with E-state index >= 15 is 0 Å². The summed E-state index contributed by atoms with van der Waals surface area (Å²) in [6.07, 6.45) is 6.96. The van der Waals surface area contributed by atoms with Crippen molar-refractivity contribution in [3.8, 4) is 0 Å². The Morgan fingerprint density at radius 3 is 2.60 bits per heavy atom. The maximum absolute atomic E-state index is 10.7. The summed E-state index contributed by atoms with van der Waals surface area (Å²) in [6.45, 7) is 4.18. The highest BCUT2D eigenvalue weighted by Crippen LogP contribution is 2.40. The molecule has 0 radical (unpaired) electrons. The van der Waals surface area contributed by atoms with E-state index in [1.54, 1.807) is 6.20 Å². The highest BCUT2D eigenvalue weighted by Gasteiger charge is 2.25. The number of benzene rings is 1. The second-order valence-electron chi connectivity index (χ2n) is 6.01. The molecule has 1 aromatic heterocycles. The minimum Gasteiger partial charge on any atom is -0.384 e. The molecule has 20 heavy (non-hydrogen) atoms. The lowest BCUT2D eigenvalue weighted by molar-refractivity contribution is 0.217. The van der Waals surface area contributed by atoms with Gasteiger partial charge in [0.2, 0.25) is 0 Å². The van der Waals surface area contributed by atoms with Gasteiger partial charge in [-0.1, -0.05) is 30.7 Å². The Kier molecular flexibility index (Phi) is 3.62. The topological polar surface area (TPSA) is 38.0 Å². The molecule has 0 aliphatic heterocycles. The molecular formula is C17H22N2O. The van der Waals surface area contributed by atoms with Crippen molar-refractivity contribution >= 4 is 0 Å². The molecule has 3 nitrogen and oxygen atoms in total. The third-order valence-electron chi connectivity index (χ3n) is 4.30. The molecule has 1 heterocycles. The molecule has 3 rings (SSSR count). The molecule has 1 atom stereocenters. The van der Waals surface area contributed by atoms with Gasteiger partial charge < -0.3 is 5.11 Å². The number of rotatable bonds is 4. The van der Waals surface area contributed by atoms with Gasteiger partial charge in [0, 0.05) is 17.8 Å². The molecule has 1 unspecified atom stereocenters. The van der Waals surface area contributed by atoms with Gasteiger partial charge in [-0.15, -0.1) is 0 Å². The summed E-state index contributed by atoms with van der Waals surface area (Å²) < 4.78 is 1.89. The minimum absolute atomic E-state index is 0.317. The molecule has 3 heteroatoms. The van der Waals surface area contributed by atoms with Crippen molar-refractivity contribution in [3.63, 3.8) is 0 Å². The van der Waals surface area contributed by atoms with Crippen molar-refractivity contribution in [1.82, 2.24) is 9.78 Å². The van der Waals surface area contributed by atoms with Crippen LogP contribution in [0, 0.1) is 0 Å². The monoisotopic (exact) mass is 270 g/mol. The van der Waals surface area contributed by atoms with Crippen LogP contribution in [0.15, 0.2) is 36.7 Å². The number of aliphatic hydroxyl groups is 1. The second-order valence-corrected chi connectivity index (χ2v) is 6.01. The predicted octanol–water partition coefficient (Wildman–Crippen LogP) is 3.81. The summed E-state index contributed by atoms with van der Waals surface area (Å²) in [5.74, 6) is 0.626. The largest absolute Gasteiger partial charge is 0.384 e. The zero-order valence-corrected chi connectivity index (χ0v) is 12.2. The van der Waals surface area contributed by atoms with Crippen LogP contribution in [0.3, 0.4) is 0 Å². The van der Waals surface area contributed by atoms with Gasteiger partial charge in [0.25, 0.3) is 0 Å². The molecule has 1 N–H and O–H groups in total. The van der Waals surface area contributed by atoms with E-state index in [4.69, 9.17) is 0 Å². The van der Waals surface area contributed by atoms with Crippen molar-refractivity contribution in [2.75, 3.05) is 0 Å². The van der Waals surface area contributed by atoms with Crippen molar-refractivity contribution in [2.24, 2.45) is 0 Å². The normalized spacial score (nSPS) is 17.2. The first-order chi connectivity index (χ1) is 9.66. The van der Waals surface area contributed by atoms with Gasteiger partial charge in [-0.25, -0.2) is 0 Å². The SMILES string of the molecule is CC(C)n1cc(C(O)c2ccccc2C2CCC2)cn1. The van der Waals surface area contributed by atoms with Gasteiger partial charge in [-0.05, 0) is 43.7 Å². The first-order valence-electron chi connectivity index (χ1n) is 7.47. The molecule has 1 aromatic carbocycles. The van der Waals surface area contributed by atoms with E-state index in [9.17, 15) is 5.11 Å². The molecule has 1 aliphatic rings. The van der Waals surface area contributed by atoms with E-state index in [2.05, 4.69) is 31.1 Å². The fourth-order valence-electron chi connectivity index (χ4n) is 2.81. The average molecular weight is 270 g/mol. The van der Waals surface area contributed by atoms with E-state index in [0.717, 1.165) is 11.1 Å². The van der Waals surface area contributed by atoms with Crippen LogP contribution in [0.5, 0.6) is 0 Å². The van der Waals surface area contributed by atoms with Crippen LogP contribution in [0.4, 0.5) is 0 Å². The number of aliphatic hydroxyl groups excluding tert-OH is 1. The van der Waals surface area contributed by atoms with Crippen LogP contribution in [0.25, 0.3) is 0 Å². The van der Waals surface area contributed by atoms with Crippen LogP contribution >= 0.6 is 0 Å². The maximum atomic E-state index is 10.7. The lowest BCUT2D eigenvalue weighted by atomic mass is 9.77. The smallest absolute Gasteiger partial charge is 0.107 e. The van der Waals surface area contributed by atoms with Gasteiger partial charge >= 0.3 is 0 Å². The Morgan fingerprint density at radius 2 is 2.00 bits per heavy atom. The summed E-state index contributed by atoms with van der Waals surface area (Å²) in [5, 5.41) is 15.0. The van der Waals surface area contributed by atoms with E-state index in [1.807, 2.05) is 23.0 Å². The van der Waals surface area contributed by atoms with Crippen LogP contribution in [-0.2, 0) is 0 Å². The highest BCUT2D eigenvalue weighted by molar-refractivity contribution is 5.37. The number of nitrogens with zero attached hydrogens (tertiary/aromatic N) is 2. The van der Waals surface area contributed by atoms with Gasteiger partial charge in [0.15, 0.2) is 0 Å². The molecule has 0 spiro atoms. The van der Waals surface area contributed by atoms with Crippen LogP contribution in [-0.4, -0.2) is 14.9 Å². The summed E-state index contributed by atoms with van der Waals surface area (Å²) in [5.41, 5.74) is 3.23. The van der Waals surface area contributed by atoms with Crippen molar-refractivity contribution in [1.29, 1.82) is 0 Å². The van der Waals surface area contributed by atoms with Crippen molar-refractivity contribution in [2.45, 2.75) is 51.2 Å². The second kappa shape index (κ2) is 5.41. The fourth-order valence-corrected chi connectivity index (χ4v) is 2.81. The number of hydrogen-bond donors (Lipinski definition) is 1. The van der Waals surface area contributed by atoms with Crippen LogP contribution in [0.2, 0.25) is 0 Å². The third kappa shape index (κ3) is 2.38. The molecule has 2 aromatic rings. The molecular weight excluding hydrogens is 248 g/mol. The van der Waals surface area contributed by atoms with Crippen molar-refractivity contribution < 1.29 is 5.11 Å². The first-order valence-corrected chi connectivity index (χ1v) is 7.47. The lowest BCUT2D eigenvalue weighted by Crippen LogP contribution is -2.13. The quantitative estimate of drug-likeness (QED) is 0.917. The highest BCUT2D eigenvalue weighted by atomic mass is 16.3. The predicted molar refractivity (Wildman–Crippen MR) is 79.7 cm³/mol. The van der Waals surface area contributed by atoms with Gasteiger partial charge in [-0.2, -0.15) is 5.10 Å². The Labute approximate surface area is 120 Å². The molecule has 0 saturated heterocycles. The Hall–Kier alpha value is -1.61. The van der Waals surface area contributed by atoms with Crippen LogP contribution < -0.4 is 0 Å². The summed E-state index contributed by atoms with van der Waals surface area (Å²) in [7, 11) is 0. The first kappa shape index (κ1) is 13.4. The Balaban J connectivity index is 1.91. The van der Waals surface area contributed by atoms with E-state index in [-0.39, 0.29) is 0 Å². The van der Waals surface area contributed by atoms with Gasteiger partial charge in [0.1, 0.15) is 6.10 Å². The standard InChI is InChI=1S/C17H22N2O/c1-12(2)19-11-14(10-18-19)17(20)16-9-4-3-8-15(16)13-6-5-7-13/h3-4,8-13,17,20H,5-7H2,1-2H3. The number of hydrogen-bond acceptors (Lipinski definition) is 2. The molecule has 0 bridgehead atoms. The summed E-state index contributed by atoms with van der Waals surface area (Å²) in [4.78, 5) is 0. The molecule has 1 aliphatic carbocycles. The van der Waals surface area contributed by atoms with Gasteiger partial charge in [-0.3, -0.25) is 4.68 Å². The number of aromatic nitrogens is 2. The third-order valence-corrected chi connectivity index (χ3v) is 4.30. The Bertz CT molecular complexity index is 584. The zero-order valence-electron chi connectivity index (χ0n) is 12.2.